The smallest absolute Gasteiger partial charge is 0.251 e. The van der Waals surface area contributed by atoms with Gasteiger partial charge in [0.1, 0.15) is 0 Å². The van der Waals surface area contributed by atoms with Crippen LogP contribution >= 0.6 is 24.2 Å². The first kappa shape index (κ1) is 17.3. The van der Waals surface area contributed by atoms with Crippen molar-refractivity contribution in [1.29, 1.82) is 0 Å². The summed E-state index contributed by atoms with van der Waals surface area (Å²) in [5.74, 6) is 2.71. The molecule has 1 saturated carbocycles. The molecule has 5 heteroatoms. The van der Waals surface area contributed by atoms with Crippen LogP contribution in [0.3, 0.4) is 0 Å². The van der Waals surface area contributed by atoms with Crippen molar-refractivity contribution in [2.75, 3.05) is 12.3 Å². The Morgan fingerprint density at radius 3 is 2.60 bits per heavy atom. The van der Waals surface area contributed by atoms with E-state index in [9.17, 15) is 4.79 Å². The number of nitrogens with one attached hydrogen (secondary N) is 1. The maximum Gasteiger partial charge on any atom is 0.251 e. The number of benzene rings is 1. The van der Waals surface area contributed by atoms with Gasteiger partial charge >= 0.3 is 0 Å². The Hall–Kier alpha value is -0.710. The predicted molar refractivity (Wildman–Crippen MR) is 88.6 cm³/mol. The van der Waals surface area contributed by atoms with Gasteiger partial charge in [-0.25, -0.2) is 0 Å². The first-order valence-electron chi connectivity index (χ1n) is 6.91. The molecule has 20 heavy (non-hydrogen) atoms. The molecule has 1 atom stereocenters. The van der Waals surface area contributed by atoms with Crippen LogP contribution in [0.15, 0.2) is 24.3 Å². The topological polar surface area (TPSA) is 55.1 Å². The Bertz CT molecular complexity index is 420. The van der Waals surface area contributed by atoms with E-state index in [4.69, 9.17) is 5.73 Å². The molecule has 0 radical (unpaired) electrons. The molecule has 0 aromatic heterocycles. The summed E-state index contributed by atoms with van der Waals surface area (Å²) in [4.78, 5) is 11.9. The van der Waals surface area contributed by atoms with Crippen LogP contribution in [0.1, 0.15) is 35.7 Å². The number of hydrogen-bond donors (Lipinski definition) is 2. The molecule has 3 nitrogen and oxygen atoms in total. The summed E-state index contributed by atoms with van der Waals surface area (Å²) in [6, 6.07) is 7.95. The quantitative estimate of drug-likeness (QED) is 0.813. The highest BCUT2D eigenvalue weighted by Gasteiger charge is 2.28. The van der Waals surface area contributed by atoms with Gasteiger partial charge in [-0.1, -0.05) is 19.1 Å². The lowest BCUT2D eigenvalue weighted by Crippen LogP contribution is -2.38. The summed E-state index contributed by atoms with van der Waals surface area (Å²) in [6.07, 6.45) is 2.42. The monoisotopic (exact) mass is 314 g/mol. The summed E-state index contributed by atoms with van der Waals surface area (Å²) >= 11 is 1.88. The highest BCUT2D eigenvalue weighted by Crippen LogP contribution is 2.31. The number of amides is 1. The van der Waals surface area contributed by atoms with Gasteiger partial charge in [0, 0.05) is 23.9 Å². The Morgan fingerprint density at radius 2 is 2.05 bits per heavy atom. The fourth-order valence-corrected chi connectivity index (χ4v) is 2.61. The van der Waals surface area contributed by atoms with Gasteiger partial charge in [0.25, 0.3) is 5.91 Å². The third kappa shape index (κ3) is 5.35. The SMILES string of the molecule is CCSCc1ccc(C(=O)NCC(N)C2CC2)cc1.Cl. The lowest BCUT2D eigenvalue weighted by atomic mass is 10.1. The maximum atomic E-state index is 11.9. The van der Waals surface area contributed by atoms with Gasteiger partial charge in [0.15, 0.2) is 0 Å². The lowest BCUT2D eigenvalue weighted by molar-refractivity contribution is 0.0950. The van der Waals surface area contributed by atoms with E-state index in [0.29, 0.717) is 18.0 Å². The number of rotatable bonds is 7. The van der Waals surface area contributed by atoms with E-state index in [2.05, 4.69) is 12.2 Å². The summed E-state index contributed by atoms with van der Waals surface area (Å²) < 4.78 is 0. The zero-order valence-electron chi connectivity index (χ0n) is 11.8. The molecule has 1 unspecified atom stereocenters. The molecule has 0 bridgehead atoms. The van der Waals surface area contributed by atoms with Crippen LogP contribution in [0.2, 0.25) is 0 Å². The first-order chi connectivity index (χ1) is 9.20. The van der Waals surface area contributed by atoms with Crippen molar-refractivity contribution in [1.82, 2.24) is 5.32 Å². The van der Waals surface area contributed by atoms with E-state index in [0.717, 1.165) is 11.5 Å². The zero-order chi connectivity index (χ0) is 13.7. The fraction of sp³-hybridized carbons (Fsp3) is 0.533. The zero-order valence-corrected chi connectivity index (χ0v) is 13.4. The average molecular weight is 315 g/mol. The minimum Gasteiger partial charge on any atom is -0.350 e. The number of nitrogens with two attached hydrogens (primary N) is 1. The molecule has 2 rings (SSSR count). The molecular formula is C15H23ClN2OS. The third-order valence-electron chi connectivity index (χ3n) is 3.41. The van der Waals surface area contributed by atoms with Crippen LogP contribution in [-0.4, -0.2) is 24.2 Å². The normalized spacial score (nSPS) is 15.3. The van der Waals surface area contributed by atoms with Gasteiger partial charge in [0.2, 0.25) is 0 Å². The molecule has 1 aliphatic carbocycles. The minimum atomic E-state index is -0.0224. The second kappa shape index (κ2) is 8.55. The Balaban J connectivity index is 0.00000200. The van der Waals surface area contributed by atoms with Gasteiger partial charge in [-0.15, -0.1) is 12.4 Å². The number of thioether (sulfide) groups is 1. The molecule has 0 spiro atoms. The van der Waals surface area contributed by atoms with Crippen molar-refractivity contribution in [2.24, 2.45) is 11.7 Å². The van der Waals surface area contributed by atoms with Crippen molar-refractivity contribution in [3.05, 3.63) is 35.4 Å². The highest BCUT2D eigenvalue weighted by molar-refractivity contribution is 7.98. The van der Waals surface area contributed by atoms with Gasteiger partial charge in [-0.2, -0.15) is 11.8 Å². The third-order valence-corrected chi connectivity index (χ3v) is 4.36. The Labute approximate surface area is 131 Å². The molecular weight excluding hydrogens is 292 g/mol. The van der Waals surface area contributed by atoms with Crippen LogP contribution in [0, 0.1) is 5.92 Å². The van der Waals surface area contributed by atoms with Crippen LogP contribution in [0.4, 0.5) is 0 Å². The number of hydrogen-bond acceptors (Lipinski definition) is 3. The van der Waals surface area contributed by atoms with Gasteiger partial charge in [0.05, 0.1) is 0 Å². The van der Waals surface area contributed by atoms with Crippen LogP contribution in [-0.2, 0) is 5.75 Å². The second-order valence-electron chi connectivity index (χ2n) is 5.05. The van der Waals surface area contributed by atoms with Crippen molar-refractivity contribution in [2.45, 2.75) is 31.6 Å². The van der Waals surface area contributed by atoms with Gasteiger partial charge in [-0.05, 0) is 42.2 Å². The molecule has 112 valence electrons. The van der Waals surface area contributed by atoms with E-state index < -0.39 is 0 Å². The van der Waals surface area contributed by atoms with Crippen LogP contribution in [0.25, 0.3) is 0 Å². The largest absolute Gasteiger partial charge is 0.350 e. The summed E-state index contributed by atoms with van der Waals surface area (Å²) in [6.45, 7) is 2.73. The van der Waals surface area contributed by atoms with Crippen molar-refractivity contribution >= 4 is 30.1 Å². The van der Waals surface area contributed by atoms with E-state index in [-0.39, 0.29) is 24.4 Å². The minimum absolute atomic E-state index is 0. The second-order valence-corrected chi connectivity index (χ2v) is 6.32. The van der Waals surface area contributed by atoms with Crippen molar-refractivity contribution in [3.63, 3.8) is 0 Å². The van der Waals surface area contributed by atoms with Crippen molar-refractivity contribution in [3.8, 4) is 0 Å². The standard InChI is InChI=1S/C15H22N2OS.ClH/c1-2-19-10-11-3-5-13(6-4-11)15(18)17-9-14(16)12-7-8-12;/h3-6,12,14H,2,7-10,16H2,1H3,(H,17,18);1H. The Kier molecular flexibility index (Phi) is 7.41. The molecule has 1 aliphatic rings. The molecule has 0 saturated heterocycles. The fourth-order valence-electron chi connectivity index (χ4n) is 1.98. The summed E-state index contributed by atoms with van der Waals surface area (Å²) in [5.41, 5.74) is 7.94. The van der Waals surface area contributed by atoms with E-state index in [1.54, 1.807) is 0 Å². The molecule has 1 amide bonds. The Morgan fingerprint density at radius 1 is 1.40 bits per heavy atom. The van der Waals surface area contributed by atoms with E-state index in [1.807, 2.05) is 36.0 Å². The molecule has 1 aromatic carbocycles. The molecule has 0 heterocycles. The van der Waals surface area contributed by atoms with E-state index in [1.165, 1.54) is 18.4 Å². The predicted octanol–water partition coefficient (Wildman–Crippen LogP) is 2.83. The molecule has 0 aliphatic heterocycles. The molecule has 1 fully saturated rings. The van der Waals surface area contributed by atoms with Crippen molar-refractivity contribution < 1.29 is 4.79 Å². The summed E-state index contributed by atoms with van der Waals surface area (Å²) in [5, 5.41) is 2.91. The van der Waals surface area contributed by atoms with Gasteiger partial charge < -0.3 is 11.1 Å². The van der Waals surface area contributed by atoms with Crippen LogP contribution in [0.5, 0.6) is 0 Å². The van der Waals surface area contributed by atoms with Crippen LogP contribution < -0.4 is 11.1 Å². The number of carbonyl (C=O) groups excluding carboxylic acids is 1. The number of carbonyl (C=O) groups is 1. The molecule has 1 aromatic rings. The highest BCUT2D eigenvalue weighted by atomic mass is 35.5. The first-order valence-corrected chi connectivity index (χ1v) is 8.06. The van der Waals surface area contributed by atoms with E-state index >= 15 is 0 Å². The molecule has 3 N–H and O–H groups in total. The maximum absolute atomic E-state index is 11.9. The van der Waals surface area contributed by atoms with Gasteiger partial charge in [-0.3, -0.25) is 4.79 Å². The number of halogens is 1. The lowest BCUT2D eigenvalue weighted by Gasteiger charge is -2.11. The summed E-state index contributed by atoms with van der Waals surface area (Å²) in [7, 11) is 0. The average Bonchev–Trinajstić information content (AvgIpc) is 3.27.